The Hall–Kier alpha value is -3.25. The van der Waals surface area contributed by atoms with E-state index in [0.29, 0.717) is 30.2 Å². The number of carbonyl (C=O) groups is 1. The summed E-state index contributed by atoms with van der Waals surface area (Å²) >= 11 is 0. The molecule has 0 spiro atoms. The molecule has 0 aliphatic heterocycles. The maximum Gasteiger partial charge on any atom is 0.303 e. The highest BCUT2D eigenvalue weighted by Crippen LogP contribution is 2.31. The number of nitrogens with zero attached hydrogens (tertiary/aromatic N) is 2. The number of carboxylic acid groups (broad SMARTS) is 1. The van der Waals surface area contributed by atoms with E-state index in [1.807, 2.05) is 59.9 Å². The van der Waals surface area contributed by atoms with Crippen LogP contribution in [0.15, 0.2) is 59.0 Å². The molecule has 0 aliphatic carbocycles. The number of aromatic nitrogens is 2. The summed E-state index contributed by atoms with van der Waals surface area (Å²) in [6.07, 6.45) is 0.693. The SMILES string of the molecule is O=C(O)CCC[NH2+]c1nc(-c2ccccc2)nc2c1oc1ccccc12. The summed E-state index contributed by atoms with van der Waals surface area (Å²) in [4.78, 5) is 20.1. The Bertz CT molecular complexity index is 1070. The second-order valence-electron chi connectivity index (χ2n) is 6.06. The number of rotatable bonds is 6. The first-order valence-electron chi connectivity index (χ1n) is 8.52. The third kappa shape index (κ3) is 3.14. The molecule has 2 aromatic heterocycles. The lowest BCUT2D eigenvalue weighted by molar-refractivity contribution is -0.574. The molecule has 2 aromatic carbocycles. The standard InChI is InChI=1S/C20H17N3O3/c24-16(25)11-6-12-21-20-18-17(14-9-4-5-10-15(14)26-18)22-19(23-20)13-7-2-1-3-8-13/h1-5,7-10H,6,11-12H2,(H,24,25)(H,21,22,23)/p+1. The van der Waals surface area contributed by atoms with Crippen LogP contribution in [0, 0.1) is 0 Å². The van der Waals surface area contributed by atoms with Crippen molar-refractivity contribution >= 4 is 33.9 Å². The maximum absolute atomic E-state index is 10.7. The summed E-state index contributed by atoms with van der Waals surface area (Å²) in [5.41, 5.74) is 3.11. The minimum absolute atomic E-state index is 0.135. The molecular formula is C20H18N3O3+. The number of hydrogen-bond donors (Lipinski definition) is 2. The van der Waals surface area contributed by atoms with Crippen LogP contribution in [-0.2, 0) is 4.79 Å². The monoisotopic (exact) mass is 348 g/mol. The van der Waals surface area contributed by atoms with Crippen LogP contribution >= 0.6 is 0 Å². The van der Waals surface area contributed by atoms with Crippen molar-refractivity contribution in [2.75, 3.05) is 6.54 Å². The number of aliphatic carboxylic acids is 1. The van der Waals surface area contributed by atoms with Gasteiger partial charge in [0.15, 0.2) is 5.82 Å². The van der Waals surface area contributed by atoms with Gasteiger partial charge in [0.05, 0.1) is 13.0 Å². The zero-order chi connectivity index (χ0) is 17.9. The molecule has 4 aromatic rings. The number of quaternary nitrogens is 1. The molecule has 26 heavy (non-hydrogen) atoms. The maximum atomic E-state index is 10.7. The average Bonchev–Trinajstić information content (AvgIpc) is 3.04. The third-order valence-electron chi connectivity index (χ3n) is 4.21. The van der Waals surface area contributed by atoms with Gasteiger partial charge in [-0.05, 0) is 12.1 Å². The van der Waals surface area contributed by atoms with E-state index in [-0.39, 0.29) is 6.42 Å². The van der Waals surface area contributed by atoms with E-state index in [2.05, 4.69) is 4.98 Å². The van der Waals surface area contributed by atoms with Crippen molar-refractivity contribution in [2.24, 2.45) is 0 Å². The topological polar surface area (TPSA) is 92.8 Å². The number of furan rings is 1. The van der Waals surface area contributed by atoms with Gasteiger partial charge in [0.1, 0.15) is 11.1 Å². The van der Waals surface area contributed by atoms with E-state index in [1.165, 1.54) is 0 Å². The Morgan fingerprint density at radius 1 is 1.04 bits per heavy atom. The van der Waals surface area contributed by atoms with Gasteiger partial charge in [-0.1, -0.05) is 42.5 Å². The predicted octanol–water partition coefficient (Wildman–Crippen LogP) is 3.10. The van der Waals surface area contributed by atoms with Crippen LogP contribution in [0.4, 0.5) is 5.82 Å². The Morgan fingerprint density at radius 2 is 1.81 bits per heavy atom. The summed E-state index contributed by atoms with van der Waals surface area (Å²) in [5.74, 6) is 0.546. The molecule has 0 fully saturated rings. The second-order valence-corrected chi connectivity index (χ2v) is 6.06. The fourth-order valence-corrected chi connectivity index (χ4v) is 2.96. The fraction of sp³-hybridized carbons (Fsp3) is 0.150. The summed E-state index contributed by atoms with van der Waals surface area (Å²) in [5, 5.41) is 11.7. The summed E-state index contributed by atoms with van der Waals surface area (Å²) in [6.45, 7) is 0.615. The third-order valence-corrected chi connectivity index (χ3v) is 4.21. The molecule has 4 rings (SSSR count). The van der Waals surface area contributed by atoms with Crippen LogP contribution < -0.4 is 5.32 Å². The summed E-state index contributed by atoms with van der Waals surface area (Å²) in [7, 11) is 0. The zero-order valence-corrected chi connectivity index (χ0v) is 14.1. The number of nitrogens with two attached hydrogens (primary N) is 1. The van der Waals surface area contributed by atoms with Crippen molar-refractivity contribution in [3.05, 3.63) is 54.6 Å². The fourth-order valence-electron chi connectivity index (χ4n) is 2.96. The normalized spacial score (nSPS) is 11.2. The molecule has 0 atom stereocenters. The molecule has 0 bridgehead atoms. The lowest BCUT2D eigenvalue weighted by Crippen LogP contribution is -2.78. The van der Waals surface area contributed by atoms with Gasteiger partial charge in [-0.2, -0.15) is 4.98 Å². The van der Waals surface area contributed by atoms with Gasteiger partial charge in [0.25, 0.3) is 5.82 Å². The minimum Gasteiger partial charge on any atom is -0.481 e. The number of carboxylic acids is 1. The van der Waals surface area contributed by atoms with Crippen LogP contribution in [-0.4, -0.2) is 27.6 Å². The molecule has 0 unspecified atom stereocenters. The van der Waals surface area contributed by atoms with Crippen LogP contribution in [0.25, 0.3) is 33.5 Å². The second kappa shape index (κ2) is 6.93. The molecule has 0 saturated carbocycles. The number of benzene rings is 2. The van der Waals surface area contributed by atoms with Gasteiger partial charge in [0, 0.05) is 17.4 Å². The van der Waals surface area contributed by atoms with Crippen molar-refractivity contribution < 1.29 is 19.6 Å². The summed E-state index contributed by atoms with van der Waals surface area (Å²) in [6, 6.07) is 17.6. The lowest BCUT2D eigenvalue weighted by Gasteiger charge is -2.04. The highest BCUT2D eigenvalue weighted by atomic mass is 16.4. The van der Waals surface area contributed by atoms with Crippen molar-refractivity contribution in [3.8, 4) is 11.4 Å². The Labute approximate surface area is 149 Å². The number of para-hydroxylation sites is 1. The Balaban J connectivity index is 1.80. The van der Waals surface area contributed by atoms with E-state index in [9.17, 15) is 4.79 Å². The molecule has 3 N–H and O–H groups in total. The first kappa shape index (κ1) is 16.2. The largest absolute Gasteiger partial charge is 0.481 e. The number of fused-ring (bicyclic) bond motifs is 3. The molecule has 0 amide bonds. The molecule has 0 saturated heterocycles. The predicted molar refractivity (Wildman–Crippen MR) is 98.1 cm³/mol. The average molecular weight is 348 g/mol. The highest BCUT2D eigenvalue weighted by Gasteiger charge is 2.19. The van der Waals surface area contributed by atoms with Crippen LogP contribution in [0.3, 0.4) is 0 Å². The first-order chi connectivity index (χ1) is 12.7. The van der Waals surface area contributed by atoms with E-state index >= 15 is 0 Å². The van der Waals surface area contributed by atoms with E-state index in [4.69, 9.17) is 14.5 Å². The molecule has 0 aliphatic rings. The lowest BCUT2D eigenvalue weighted by atomic mass is 10.2. The van der Waals surface area contributed by atoms with Gasteiger partial charge in [-0.3, -0.25) is 10.1 Å². The van der Waals surface area contributed by atoms with Crippen molar-refractivity contribution in [3.63, 3.8) is 0 Å². The smallest absolute Gasteiger partial charge is 0.303 e. The van der Waals surface area contributed by atoms with E-state index in [0.717, 1.165) is 22.0 Å². The van der Waals surface area contributed by atoms with Crippen molar-refractivity contribution in [1.82, 2.24) is 9.97 Å². The Kier molecular flexibility index (Phi) is 4.33. The molecule has 130 valence electrons. The minimum atomic E-state index is -0.792. The quantitative estimate of drug-likeness (QED) is 0.522. The van der Waals surface area contributed by atoms with Gasteiger partial charge in [0.2, 0.25) is 5.58 Å². The van der Waals surface area contributed by atoms with Crippen LogP contribution in [0.2, 0.25) is 0 Å². The van der Waals surface area contributed by atoms with Crippen LogP contribution in [0.1, 0.15) is 12.8 Å². The highest BCUT2D eigenvalue weighted by molar-refractivity contribution is 6.05. The Morgan fingerprint density at radius 3 is 2.62 bits per heavy atom. The molecule has 6 nitrogen and oxygen atoms in total. The van der Waals surface area contributed by atoms with Gasteiger partial charge in [-0.15, -0.1) is 0 Å². The molecule has 6 heteroatoms. The van der Waals surface area contributed by atoms with Gasteiger partial charge in [-0.25, -0.2) is 4.98 Å². The van der Waals surface area contributed by atoms with Crippen LogP contribution in [0.5, 0.6) is 0 Å². The van der Waals surface area contributed by atoms with Gasteiger partial charge >= 0.3 is 5.97 Å². The summed E-state index contributed by atoms with van der Waals surface area (Å²) < 4.78 is 5.98. The van der Waals surface area contributed by atoms with E-state index in [1.54, 1.807) is 0 Å². The zero-order valence-electron chi connectivity index (χ0n) is 14.1. The number of hydrogen-bond acceptors (Lipinski definition) is 4. The molecule has 0 radical (unpaired) electrons. The van der Waals surface area contributed by atoms with E-state index < -0.39 is 5.97 Å². The first-order valence-corrected chi connectivity index (χ1v) is 8.52. The van der Waals surface area contributed by atoms with Crippen molar-refractivity contribution in [1.29, 1.82) is 0 Å². The van der Waals surface area contributed by atoms with Crippen molar-refractivity contribution in [2.45, 2.75) is 12.8 Å². The van der Waals surface area contributed by atoms with Gasteiger partial charge < -0.3 is 9.52 Å². The molecular weight excluding hydrogens is 330 g/mol. The molecule has 2 heterocycles.